The molecular formula is C22H22FN3O5. The summed E-state index contributed by atoms with van der Waals surface area (Å²) in [6.07, 6.45) is 0.234. The first-order valence-corrected chi connectivity index (χ1v) is 9.76. The lowest BCUT2D eigenvalue weighted by Gasteiger charge is -2.23. The van der Waals surface area contributed by atoms with E-state index in [1.807, 2.05) is 0 Å². The maximum Gasteiger partial charge on any atom is 0.325 e. The van der Waals surface area contributed by atoms with Crippen LogP contribution in [0.5, 0.6) is 11.5 Å². The molecule has 2 aliphatic heterocycles. The SMILES string of the molecule is CN(Cc1cccc(F)c1)C(=O)CN1C(=O)NC(C)(Cc2ccc3c(c2)OCO3)C1=O. The van der Waals surface area contributed by atoms with E-state index < -0.39 is 35.7 Å². The number of ether oxygens (including phenoxy) is 2. The molecule has 1 unspecified atom stereocenters. The number of fused-ring (bicyclic) bond motifs is 1. The molecule has 0 aliphatic carbocycles. The van der Waals surface area contributed by atoms with E-state index in [-0.39, 0.29) is 19.8 Å². The van der Waals surface area contributed by atoms with Gasteiger partial charge in [-0.2, -0.15) is 0 Å². The fraction of sp³-hybridized carbons (Fsp3) is 0.318. The minimum atomic E-state index is -1.19. The minimum Gasteiger partial charge on any atom is -0.454 e. The van der Waals surface area contributed by atoms with Gasteiger partial charge in [0.25, 0.3) is 5.91 Å². The highest BCUT2D eigenvalue weighted by Crippen LogP contribution is 2.34. The van der Waals surface area contributed by atoms with Crippen molar-refractivity contribution in [3.63, 3.8) is 0 Å². The number of benzene rings is 2. The summed E-state index contributed by atoms with van der Waals surface area (Å²) >= 11 is 0. The first kappa shape index (κ1) is 20.6. The minimum absolute atomic E-state index is 0.144. The molecule has 162 valence electrons. The Labute approximate surface area is 178 Å². The van der Waals surface area contributed by atoms with E-state index >= 15 is 0 Å². The van der Waals surface area contributed by atoms with Crippen molar-refractivity contribution < 1.29 is 28.2 Å². The van der Waals surface area contributed by atoms with Crippen LogP contribution in [0, 0.1) is 5.82 Å². The Hall–Kier alpha value is -3.62. The fourth-order valence-electron chi connectivity index (χ4n) is 3.72. The summed E-state index contributed by atoms with van der Waals surface area (Å²) < 4.78 is 24.0. The van der Waals surface area contributed by atoms with Crippen LogP contribution in [0.2, 0.25) is 0 Å². The van der Waals surface area contributed by atoms with Crippen LogP contribution in [-0.4, -0.2) is 53.6 Å². The molecule has 4 amide bonds. The standard InChI is InChI=1S/C22H22FN3O5/c1-22(10-14-6-7-17-18(9-14)31-13-30-17)20(28)26(21(29)24-22)12-19(27)25(2)11-15-4-3-5-16(23)8-15/h3-9H,10-13H2,1-2H3,(H,24,29). The third kappa shape index (κ3) is 4.16. The summed E-state index contributed by atoms with van der Waals surface area (Å²) in [7, 11) is 1.54. The van der Waals surface area contributed by atoms with Crippen molar-refractivity contribution in [2.24, 2.45) is 0 Å². The Morgan fingerprint density at radius 2 is 1.94 bits per heavy atom. The summed E-state index contributed by atoms with van der Waals surface area (Å²) in [4.78, 5) is 40.3. The summed E-state index contributed by atoms with van der Waals surface area (Å²) in [5.41, 5.74) is 0.212. The van der Waals surface area contributed by atoms with Gasteiger partial charge in [-0.1, -0.05) is 18.2 Å². The molecule has 1 atom stereocenters. The van der Waals surface area contributed by atoms with Gasteiger partial charge in [-0.3, -0.25) is 14.5 Å². The molecule has 9 heteroatoms. The second-order valence-corrected chi connectivity index (χ2v) is 7.90. The molecule has 1 fully saturated rings. The molecule has 2 aromatic carbocycles. The highest BCUT2D eigenvalue weighted by atomic mass is 19.1. The Morgan fingerprint density at radius 3 is 2.71 bits per heavy atom. The van der Waals surface area contributed by atoms with Crippen LogP contribution < -0.4 is 14.8 Å². The largest absolute Gasteiger partial charge is 0.454 e. The van der Waals surface area contributed by atoms with Gasteiger partial charge in [0, 0.05) is 20.0 Å². The number of hydrogen-bond acceptors (Lipinski definition) is 5. The van der Waals surface area contributed by atoms with E-state index in [1.165, 1.54) is 24.1 Å². The van der Waals surface area contributed by atoms with Gasteiger partial charge in [-0.15, -0.1) is 0 Å². The van der Waals surface area contributed by atoms with Crippen LogP contribution in [0.4, 0.5) is 9.18 Å². The number of likely N-dealkylation sites (N-methyl/N-ethyl adjacent to an activating group) is 1. The smallest absolute Gasteiger partial charge is 0.325 e. The molecular weight excluding hydrogens is 405 g/mol. The summed E-state index contributed by atoms with van der Waals surface area (Å²) in [6, 6.07) is 10.6. The second-order valence-electron chi connectivity index (χ2n) is 7.90. The lowest BCUT2D eigenvalue weighted by Crippen LogP contribution is -2.47. The number of halogens is 1. The maximum absolute atomic E-state index is 13.4. The normalized spacial score (nSPS) is 19.5. The Morgan fingerprint density at radius 1 is 1.16 bits per heavy atom. The van der Waals surface area contributed by atoms with Gasteiger partial charge in [0.2, 0.25) is 12.7 Å². The molecule has 0 aromatic heterocycles. The molecule has 8 nitrogen and oxygen atoms in total. The number of nitrogens with one attached hydrogen (secondary N) is 1. The summed E-state index contributed by atoms with van der Waals surface area (Å²) in [5, 5.41) is 2.69. The summed E-state index contributed by atoms with van der Waals surface area (Å²) in [6.45, 7) is 1.53. The van der Waals surface area contributed by atoms with Crippen LogP contribution in [0.15, 0.2) is 42.5 Å². The molecule has 0 bridgehead atoms. The molecule has 0 saturated carbocycles. The predicted octanol–water partition coefficient (Wildman–Crippen LogP) is 2.07. The van der Waals surface area contributed by atoms with E-state index in [1.54, 1.807) is 37.3 Å². The van der Waals surface area contributed by atoms with Crippen molar-refractivity contribution in [1.82, 2.24) is 15.1 Å². The summed E-state index contributed by atoms with van der Waals surface area (Å²) in [5.74, 6) is -0.0948. The predicted molar refractivity (Wildman–Crippen MR) is 108 cm³/mol. The third-order valence-corrected chi connectivity index (χ3v) is 5.37. The van der Waals surface area contributed by atoms with Crippen LogP contribution in [0.25, 0.3) is 0 Å². The van der Waals surface area contributed by atoms with Crippen LogP contribution in [0.3, 0.4) is 0 Å². The van der Waals surface area contributed by atoms with Crippen LogP contribution in [-0.2, 0) is 22.6 Å². The molecule has 0 radical (unpaired) electrons. The molecule has 1 saturated heterocycles. The molecule has 31 heavy (non-hydrogen) atoms. The van der Waals surface area contributed by atoms with Crippen molar-refractivity contribution >= 4 is 17.8 Å². The lowest BCUT2D eigenvalue weighted by molar-refractivity contribution is -0.138. The number of carbonyl (C=O) groups excluding carboxylic acids is 3. The van der Waals surface area contributed by atoms with Crippen molar-refractivity contribution in [3.8, 4) is 11.5 Å². The van der Waals surface area contributed by atoms with Crippen molar-refractivity contribution in [1.29, 1.82) is 0 Å². The number of urea groups is 1. The highest BCUT2D eigenvalue weighted by molar-refractivity contribution is 6.08. The van der Waals surface area contributed by atoms with Gasteiger partial charge < -0.3 is 19.7 Å². The van der Waals surface area contributed by atoms with E-state index in [9.17, 15) is 18.8 Å². The average molecular weight is 427 g/mol. The highest BCUT2D eigenvalue weighted by Gasteiger charge is 2.48. The number of amides is 4. The number of nitrogens with zero attached hydrogens (tertiary/aromatic N) is 2. The molecule has 4 rings (SSSR count). The average Bonchev–Trinajstić information content (AvgIpc) is 3.26. The van der Waals surface area contributed by atoms with Gasteiger partial charge in [0.05, 0.1) is 0 Å². The first-order chi connectivity index (χ1) is 14.7. The van der Waals surface area contributed by atoms with Crippen LogP contribution in [0.1, 0.15) is 18.1 Å². The number of carbonyl (C=O) groups is 3. The third-order valence-electron chi connectivity index (χ3n) is 5.37. The Bertz CT molecular complexity index is 1060. The van der Waals surface area contributed by atoms with Gasteiger partial charge in [0.15, 0.2) is 11.5 Å². The zero-order valence-electron chi connectivity index (χ0n) is 17.2. The number of rotatable bonds is 6. The van der Waals surface area contributed by atoms with E-state index in [0.29, 0.717) is 17.1 Å². The van der Waals surface area contributed by atoms with Crippen LogP contribution >= 0.6 is 0 Å². The van der Waals surface area contributed by atoms with E-state index in [0.717, 1.165) is 10.5 Å². The maximum atomic E-state index is 13.4. The van der Waals surface area contributed by atoms with Gasteiger partial charge in [-0.05, 0) is 42.3 Å². The number of hydrogen-bond donors (Lipinski definition) is 1. The Balaban J connectivity index is 1.42. The Kier molecular flexibility index (Phi) is 5.26. The number of imide groups is 1. The zero-order valence-corrected chi connectivity index (χ0v) is 17.2. The topological polar surface area (TPSA) is 88.2 Å². The second kappa shape index (κ2) is 7.90. The van der Waals surface area contributed by atoms with Crippen molar-refractivity contribution in [3.05, 3.63) is 59.4 Å². The molecule has 2 aliphatic rings. The molecule has 1 N–H and O–H groups in total. The molecule has 2 heterocycles. The zero-order chi connectivity index (χ0) is 22.2. The quantitative estimate of drug-likeness (QED) is 0.713. The van der Waals surface area contributed by atoms with E-state index in [2.05, 4.69) is 5.32 Å². The van der Waals surface area contributed by atoms with Gasteiger partial charge in [-0.25, -0.2) is 9.18 Å². The fourth-order valence-corrected chi connectivity index (χ4v) is 3.72. The van der Waals surface area contributed by atoms with Crippen molar-refractivity contribution in [2.45, 2.75) is 25.4 Å². The lowest BCUT2D eigenvalue weighted by atomic mass is 9.92. The van der Waals surface area contributed by atoms with Gasteiger partial charge in [0.1, 0.15) is 17.9 Å². The monoisotopic (exact) mass is 427 g/mol. The van der Waals surface area contributed by atoms with Gasteiger partial charge >= 0.3 is 6.03 Å². The van der Waals surface area contributed by atoms with E-state index in [4.69, 9.17) is 9.47 Å². The first-order valence-electron chi connectivity index (χ1n) is 9.76. The molecule has 0 spiro atoms. The van der Waals surface area contributed by atoms with Crippen molar-refractivity contribution in [2.75, 3.05) is 20.4 Å². The molecule has 2 aromatic rings.